The average Bonchev–Trinajstić information content (AvgIpc) is 2.44. The van der Waals surface area contributed by atoms with Gasteiger partial charge in [0.05, 0.1) is 0 Å². The number of hydrogen-bond donors (Lipinski definition) is 1. The summed E-state index contributed by atoms with van der Waals surface area (Å²) in [5.74, 6) is 2.26. The third-order valence-corrected chi connectivity index (χ3v) is 4.29. The molecule has 1 atom stereocenters. The van der Waals surface area contributed by atoms with Crippen LogP contribution in [0.4, 0.5) is 5.82 Å². The van der Waals surface area contributed by atoms with E-state index in [-0.39, 0.29) is 0 Å². The number of thioether (sulfide) groups is 1. The van der Waals surface area contributed by atoms with E-state index in [9.17, 15) is 0 Å². The quantitative estimate of drug-likeness (QED) is 0.706. The zero-order valence-corrected chi connectivity index (χ0v) is 14.4. The highest BCUT2D eigenvalue weighted by Gasteiger charge is 2.15. The van der Waals surface area contributed by atoms with Gasteiger partial charge in [0.15, 0.2) is 0 Å². The van der Waals surface area contributed by atoms with Crippen LogP contribution >= 0.6 is 11.8 Å². The Labute approximate surface area is 128 Å². The van der Waals surface area contributed by atoms with Gasteiger partial charge in [-0.15, -0.1) is 0 Å². The number of anilines is 1. The summed E-state index contributed by atoms with van der Waals surface area (Å²) in [6.07, 6.45) is 6.49. The van der Waals surface area contributed by atoms with Gasteiger partial charge in [-0.25, -0.2) is 4.98 Å². The van der Waals surface area contributed by atoms with Crippen molar-refractivity contribution in [2.24, 2.45) is 0 Å². The van der Waals surface area contributed by atoms with E-state index in [1.807, 2.05) is 18.0 Å². The standard InChI is InChI=1S/C16H29N3S/c1-6-8-17-10-14-9-13(3)16(18-11-14)19(4)15(7-2)12-20-5/h9,11,15,17H,6-8,10,12H2,1-5H3. The Morgan fingerprint density at radius 1 is 1.40 bits per heavy atom. The molecule has 0 aliphatic rings. The Kier molecular flexibility index (Phi) is 8.00. The van der Waals surface area contributed by atoms with Crippen molar-refractivity contribution < 1.29 is 0 Å². The van der Waals surface area contributed by atoms with Gasteiger partial charge in [-0.2, -0.15) is 11.8 Å². The summed E-state index contributed by atoms with van der Waals surface area (Å²) in [6, 6.07) is 2.81. The molecule has 1 N–H and O–H groups in total. The number of rotatable bonds is 9. The monoisotopic (exact) mass is 295 g/mol. The van der Waals surface area contributed by atoms with Crippen molar-refractivity contribution in [1.82, 2.24) is 10.3 Å². The van der Waals surface area contributed by atoms with E-state index in [0.29, 0.717) is 6.04 Å². The van der Waals surface area contributed by atoms with Crippen molar-refractivity contribution in [1.29, 1.82) is 0 Å². The van der Waals surface area contributed by atoms with Gasteiger partial charge in [-0.1, -0.05) is 13.8 Å². The van der Waals surface area contributed by atoms with Crippen molar-refractivity contribution in [3.05, 3.63) is 23.4 Å². The highest BCUT2D eigenvalue weighted by atomic mass is 32.2. The smallest absolute Gasteiger partial charge is 0.131 e. The molecule has 1 unspecified atom stereocenters. The van der Waals surface area contributed by atoms with Crippen LogP contribution in [0.15, 0.2) is 12.3 Å². The summed E-state index contributed by atoms with van der Waals surface area (Å²) in [6.45, 7) is 8.56. The number of aryl methyl sites for hydroxylation is 1. The molecule has 0 fully saturated rings. The molecule has 0 spiro atoms. The van der Waals surface area contributed by atoms with E-state index >= 15 is 0 Å². The van der Waals surface area contributed by atoms with Crippen LogP contribution in [0, 0.1) is 6.92 Å². The topological polar surface area (TPSA) is 28.2 Å². The summed E-state index contributed by atoms with van der Waals surface area (Å²) in [5.41, 5.74) is 2.54. The molecule has 114 valence electrons. The second kappa shape index (κ2) is 9.24. The predicted octanol–water partition coefficient (Wildman–Crippen LogP) is 3.47. The molecular formula is C16H29N3S. The molecule has 1 heterocycles. The second-order valence-electron chi connectivity index (χ2n) is 5.29. The lowest BCUT2D eigenvalue weighted by Crippen LogP contribution is -2.34. The molecule has 1 aromatic heterocycles. The molecule has 0 aliphatic heterocycles. The predicted molar refractivity (Wildman–Crippen MR) is 91.8 cm³/mol. The fraction of sp³-hybridized carbons (Fsp3) is 0.688. The number of aromatic nitrogens is 1. The van der Waals surface area contributed by atoms with Crippen LogP contribution in [0.1, 0.15) is 37.8 Å². The first kappa shape index (κ1) is 17.3. The van der Waals surface area contributed by atoms with Crippen LogP contribution in [0.3, 0.4) is 0 Å². The number of hydrogen-bond acceptors (Lipinski definition) is 4. The fourth-order valence-electron chi connectivity index (χ4n) is 2.37. The van der Waals surface area contributed by atoms with Gasteiger partial charge < -0.3 is 10.2 Å². The lowest BCUT2D eigenvalue weighted by molar-refractivity contribution is 0.659. The number of nitrogens with one attached hydrogen (secondary N) is 1. The minimum atomic E-state index is 0.556. The summed E-state index contributed by atoms with van der Waals surface area (Å²) in [4.78, 5) is 7.01. The SMILES string of the molecule is CCCNCc1cnc(N(C)C(CC)CSC)c(C)c1. The van der Waals surface area contributed by atoms with Crippen LogP contribution in [-0.4, -0.2) is 36.6 Å². The minimum Gasteiger partial charge on any atom is -0.356 e. The number of pyridine rings is 1. The highest BCUT2D eigenvalue weighted by Crippen LogP contribution is 2.21. The van der Waals surface area contributed by atoms with E-state index < -0.39 is 0 Å². The molecule has 0 aliphatic carbocycles. The Morgan fingerprint density at radius 3 is 2.70 bits per heavy atom. The maximum Gasteiger partial charge on any atom is 0.131 e. The largest absolute Gasteiger partial charge is 0.356 e. The molecule has 20 heavy (non-hydrogen) atoms. The average molecular weight is 295 g/mol. The molecule has 3 nitrogen and oxygen atoms in total. The van der Waals surface area contributed by atoms with Crippen molar-refractivity contribution in [2.75, 3.05) is 30.5 Å². The van der Waals surface area contributed by atoms with E-state index in [4.69, 9.17) is 0 Å². The Hall–Kier alpha value is -0.740. The molecule has 0 bridgehead atoms. The Balaban J connectivity index is 2.75. The summed E-state index contributed by atoms with van der Waals surface area (Å²) in [7, 11) is 2.16. The molecule has 0 aromatic carbocycles. The molecule has 1 aromatic rings. The van der Waals surface area contributed by atoms with E-state index in [2.05, 4.69) is 55.3 Å². The fourth-order valence-corrected chi connectivity index (χ4v) is 3.21. The first-order valence-electron chi connectivity index (χ1n) is 7.52. The van der Waals surface area contributed by atoms with E-state index in [1.54, 1.807) is 0 Å². The van der Waals surface area contributed by atoms with Crippen LogP contribution in [-0.2, 0) is 6.54 Å². The van der Waals surface area contributed by atoms with Gasteiger partial charge in [-0.3, -0.25) is 0 Å². The lowest BCUT2D eigenvalue weighted by atomic mass is 10.1. The molecule has 4 heteroatoms. The summed E-state index contributed by atoms with van der Waals surface area (Å²) in [5, 5.41) is 3.42. The van der Waals surface area contributed by atoms with E-state index in [1.165, 1.54) is 17.5 Å². The maximum absolute atomic E-state index is 4.68. The lowest BCUT2D eigenvalue weighted by Gasteiger charge is -2.29. The molecule has 0 radical (unpaired) electrons. The highest BCUT2D eigenvalue weighted by molar-refractivity contribution is 7.98. The van der Waals surface area contributed by atoms with Gasteiger partial charge >= 0.3 is 0 Å². The van der Waals surface area contributed by atoms with Gasteiger partial charge in [0.2, 0.25) is 0 Å². The maximum atomic E-state index is 4.68. The molecular weight excluding hydrogens is 266 g/mol. The van der Waals surface area contributed by atoms with Gasteiger partial charge in [0.1, 0.15) is 5.82 Å². The van der Waals surface area contributed by atoms with Crippen molar-refractivity contribution in [2.45, 2.75) is 46.2 Å². The molecule has 0 amide bonds. The normalized spacial score (nSPS) is 12.4. The van der Waals surface area contributed by atoms with Crippen molar-refractivity contribution in [3.63, 3.8) is 0 Å². The number of nitrogens with zero attached hydrogens (tertiary/aromatic N) is 2. The van der Waals surface area contributed by atoms with Gasteiger partial charge in [0.25, 0.3) is 0 Å². The zero-order valence-electron chi connectivity index (χ0n) is 13.6. The first-order valence-corrected chi connectivity index (χ1v) is 8.91. The third-order valence-electron chi connectivity index (χ3n) is 3.58. The molecule has 1 rings (SSSR count). The second-order valence-corrected chi connectivity index (χ2v) is 6.20. The van der Waals surface area contributed by atoms with Crippen LogP contribution in [0.5, 0.6) is 0 Å². The van der Waals surface area contributed by atoms with Crippen LogP contribution in [0.2, 0.25) is 0 Å². The Morgan fingerprint density at radius 2 is 2.15 bits per heavy atom. The van der Waals surface area contributed by atoms with Gasteiger partial charge in [-0.05, 0) is 49.8 Å². The third kappa shape index (κ3) is 4.98. The molecule has 0 saturated carbocycles. The molecule has 0 saturated heterocycles. The summed E-state index contributed by atoms with van der Waals surface area (Å²) >= 11 is 1.90. The first-order chi connectivity index (χ1) is 9.63. The summed E-state index contributed by atoms with van der Waals surface area (Å²) < 4.78 is 0. The van der Waals surface area contributed by atoms with Crippen LogP contribution in [0.25, 0.3) is 0 Å². The van der Waals surface area contributed by atoms with Gasteiger partial charge in [0, 0.05) is 31.6 Å². The van der Waals surface area contributed by atoms with Crippen LogP contribution < -0.4 is 10.2 Å². The minimum absolute atomic E-state index is 0.556. The zero-order chi connectivity index (χ0) is 15.0. The Bertz CT molecular complexity index is 395. The van der Waals surface area contributed by atoms with Crippen molar-refractivity contribution >= 4 is 17.6 Å². The van der Waals surface area contributed by atoms with Crippen molar-refractivity contribution in [3.8, 4) is 0 Å². The van der Waals surface area contributed by atoms with E-state index in [0.717, 1.165) is 31.1 Å².